The summed E-state index contributed by atoms with van der Waals surface area (Å²) >= 11 is 6.00. The molecule has 0 spiro atoms. The van der Waals surface area contributed by atoms with E-state index in [1.165, 1.54) is 12.1 Å². The Morgan fingerprint density at radius 3 is 2.50 bits per heavy atom. The molecule has 0 saturated heterocycles. The van der Waals surface area contributed by atoms with Crippen LogP contribution in [0.3, 0.4) is 0 Å². The number of anilines is 1. The van der Waals surface area contributed by atoms with Crippen LogP contribution in [0.25, 0.3) is 0 Å². The number of nitrogens with two attached hydrogens (primary N) is 1. The minimum absolute atomic E-state index is 0.0362. The first kappa shape index (κ1) is 17.2. The summed E-state index contributed by atoms with van der Waals surface area (Å²) in [5, 5.41) is 9.14. The lowest BCUT2D eigenvalue weighted by molar-refractivity contribution is 0.256. The standard InChI is InChI=1S/C13H21ClN2O3S/c1-8(2)12(4-5-17)16-20(18,19)13-7-11(15)9(3)6-10(13)14/h6-8,12,16-17H,4-5,15H2,1-3H3. The Morgan fingerprint density at radius 2 is 2.00 bits per heavy atom. The van der Waals surface area contributed by atoms with Gasteiger partial charge < -0.3 is 10.8 Å². The van der Waals surface area contributed by atoms with Gasteiger partial charge in [-0.3, -0.25) is 0 Å². The van der Waals surface area contributed by atoms with Crippen molar-refractivity contribution in [3.63, 3.8) is 0 Å². The predicted octanol–water partition coefficient (Wildman–Crippen LogP) is 1.92. The fraction of sp³-hybridized carbons (Fsp3) is 0.538. The van der Waals surface area contributed by atoms with Crippen LogP contribution in [0.4, 0.5) is 5.69 Å². The van der Waals surface area contributed by atoms with E-state index in [0.717, 1.165) is 5.56 Å². The number of nitrogens with one attached hydrogen (secondary N) is 1. The van der Waals surface area contributed by atoms with Crippen LogP contribution in [-0.4, -0.2) is 26.2 Å². The first-order valence-corrected chi connectivity index (χ1v) is 8.24. The van der Waals surface area contributed by atoms with Crippen molar-refractivity contribution in [2.75, 3.05) is 12.3 Å². The molecular weight excluding hydrogens is 300 g/mol. The van der Waals surface area contributed by atoms with Gasteiger partial charge in [0.25, 0.3) is 0 Å². The zero-order chi connectivity index (χ0) is 15.5. The summed E-state index contributed by atoms with van der Waals surface area (Å²) in [7, 11) is -3.77. The number of nitrogen functional groups attached to an aromatic ring is 1. The molecule has 7 heteroatoms. The highest BCUT2D eigenvalue weighted by Gasteiger charge is 2.24. The number of aliphatic hydroxyl groups is 1. The monoisotopic (exact) mass is 320 g/mol. The van der Waals surface area contributed by atoms with Gasteiger partial charge >= 0.3 is 0 Å². The van der Waals surface area contributed by atoms with Crippen LogP contribution >= 0.6 is 11.6 Å². The van der Waals surface area contributed by atoms with E-state index < -0.39 is 10.0 Å². The summed E-state index contributed by atoms with van der Waals surface area (Å²) in [5.41, 5.74) is 6.84. The zero-order valence-electron chi connectivity index (χ0n) is 11.9. The summed E-state index contributed by atoms with van der Waals surface area (Å²) < 4.78 is 27.3. The van der Waals surface area contributed by atoms with Crippen molar-refractivity contribution in [1.82, 2.24) is 4.72 Å². The van der Waals surface area contributed by atoms with Crippen molar-refractivity contribution < 1.29 is 13.5 Å². The average molecular weight is 321 g/mol. The Labute approximate surface area is 125 Å². The van der Waals surface area contributed by atoms with Crippen LogP contribution in [0.15, 0.2) is 17.0 Å². The second-order valence-corrected chi connectivity index (χ2v) is 7.21. The van der Waals surface area contributed by atoms with E-state index in [-0.39, 0.29) is 28.5 Å². The molecule has 1 rings (SSSR count). The number of hydrogen-bond donors (Lipinski definition) is 3. The topological polar surface area (TPSA) is 92.4 Å². The predicted molar refractivity (Wildman–Crippen MR) is 81.3 cm³/mol. The molecule has 1 aromatic rings. The molecule has 20 heavy (non-hydrogen) atoms. The van der Waals surface area contributed by atoms with Gasteiger partial charge in [0.05, 0.1) is 5.02 Å². The van der Waals surface area contributed by atoms with E-state index in [1.54, 1.807) is 6.92 Å². The normalized spacial score (nSPS) is 13.7. The maximum Gasteiger partial charge on any atom is 0.242 e. The van der Waals surface area contributed by atoms with Crippen molar-refractivity contribution in [2.45, 2.75) is 38.1 Å². The summed E-state index contributed by atoms with van der Waals surface area (Å²) in [4.78, 5) is -0.0362. The van der Waals surface area contributed by atoms with Crippen molar-refractivity contribution >= 4 is 27.3 Å². The second-order valence-electron chi connectivity index (χ2n) is 5.12. The SMILES string of the molecule is Cc1cc(Cl)c(S(=O)(=O)NC(CCO)C(C)C)cc1N. The highest BCUT2D eigenvalue weighted by atomic mass is 35.5. The Hall–Kier alpha value is -0.820. The zero-order valence-corrected chi connectivity index (χ0v) is 13.4. The molecule has 1 atom stereocenters. The molecule has 0 amide bonds. The molecule has 114 valence electrons. The van der Waals surface area contributed by atoms with E-state index in [2.05, 4.69) is 4.72 Å². The van der Waals surface area contributed by atoms with Crippen LogP contribution in [0.2, 0.25) is 5.02 Å². The van der Waals surface area contributed by atoms with Gasteiger partial charge in [-0.1, -0.05) is 25.4 Å². The van der Waals surface area contributed by atoms with Gasteiger partial charge in [-0.15, -0.1) is 0 Å². The number of hydrogen-bond acceptors (Lipinski definition) is 4. The number of aryl methyl sites for hydroxylation is 1. The van der Waals surface area contributed by atoms with Crippen LogP contribution in [0.1, 0.15) is 25.8 Å². The molecule has 0 aromatic heterocycles. The van der Waals surface area contributed by atoms with E-state index in [0.29, 0.717) is 12.1 Å². The van der Waals surface area contributed by atoms with Crippen molar-refractivity contribution in [2.24, 2.45) is 5.92 Å². The van der Waals surface area contributed by atoms with Gasteiger partial charge in [-0.25, -0.2) is 13.1 Å². The minimum Gasteiger partial charge on any atom is -0.398 e. The molecule has 5 nitrogen and oxygen atoms in total. The minimum atomic E-state index is -3.77. The van der Waals surface area contributed by atoms with E-state index in [4.69, 9.17) is 22.4 Å². The van der Waals surface area contributed by atoms with E-state index >= 15 is 0 Å². The first-order valence-electron chi connectivity index (χ1n) is 6.38. The quantitative estimate of drug-likeness (QED) is 0.698. The Kier molecular flexibility index (Phi) is 5.82. The van der Waals surface area contributed by atoms with Crippen molar-refractivity contribution in [3.8, 4) is 0 Å². The summed E-state index contributed by atoms with van der Waals surface area (Å²) in [6, 6.07) is 2.53. The first-order chi connectivity index (χ1) is 9.19. The van der Waals surface area contributed by atoms with Gasteiger partial charge in [0.1, 0.15) is 4.90 Å². The van der Waals surface area contributed by atoms with Crippen LogP contribution in [-0.2, 0) is 10.0 Å². The third-order valence-electron chi connectivity index (χ3n) is 3.16. The van der Waals surface area contributed by atoms with Gasteiger partial charge in [0.15, 0.2) is 0 Å². The highest BCUT2D eigenvalue weighted by Crippen LogP contribution is 2.27. The molecule has 0 saturated carbocycles. The van der Waals surface area contributed by atoms with Gasteiger partial charge in [0, 0.05) is 18.3 Å². The maximum absolute atomic E-state index is 12.4. The van der Waals surface area contributed by atoms with Crippen molar-refractivity contribution in [1.29, 1.82) is 0 Å². The number of benzene rings is 1. The smallest absolute Gasteiger partial charge is 0.242 e. The Balaban J connectivity index is 3.13. The lowest BCUT2D eigenvalue weighted by atomic mass is 10.0. The third kappa shape index (κ3) is 4.09. The van der Waals surface area contributed by atoms with Gasteiger partial charge in [-0.05, 0) is 37.0 Å². The second kappa shape index (κ2) is 6.76. The molecule has 4 N–H and O–H groups in total. The number of halogens is 1. The summed E-state index contributed by atoms with van der Waals surface area (Å²) in [6.07, 6.45) is 0.343. The largest absolute Gasteiger partial charge is 0.398 e. The fourth-order valence-electron chi connectivity index (χ4n) is 1.80. The molecule has 1 aromatic carbocycles. The van der Waals surface area contributed by atoms with Crippen LogP contribution < -0.4 is 10.5 Å². The molecule has 0 aliphatic rings. The molecule has 0 aliphatic carbocycles. The van der Waals surface area contributed by atoms with Crippen LogP contribution in [0.5, 0.6) is 0 Å². The fourth-order valence-corrected chi connectivity index (χ4v) is 3.84. The van der Waals surface area contributed by atoms with Crippen molar-refractivity contribution in [3.05, 3.63) is 22.7 Å². The number of aliphatic hydroxyl groups excluding tert-OH is 1. The highest BCUT2D eigenvalue weighted by molar-refractivity contribution is 7.89. The molecule has 0 radical (unpaired) electrons. The van der Waals surface area contributed by atoms with Crippen LogP contribution in [0, 0.1) is 12.8 Å². The third-order valence-corrected chi connectivity index (χ3v) is 5.12. The lowest BCUT2D eigenvalue weighted by Crippen LogP contribution is -2.39. The molecule has 0 aliphatic heterocycles. The van der Waals surface area contributed by atoms with Gasteiger partial charge in [0.2, 0.25) is 10.0 Å². The maximum atomic E-state index is 12.4. The molecule has 0 fully saturated rings. The van der Waals surface area contributed by atoms with E-state index in [9.17, 15) is 8.42 Å². The molecule has 0 bridgehead atoms. The summed E-state index contributed by atoms with van der Waals surface area (Å²) in [6.45, 7) is 5.44. The van der Waals surface area contributed by atoms with E-state index in [1.807, 2.05) is 13.8 Å². The number of rotatable bonds is 6. The molecule has 1 unspecified atom stereocenters. The summed E-state index contributed by atoms with van der Waals surface area (Å²) in [5.74, 6) is 0.0542. The molecule has 0 heterocycles. The molecular formula is C13H21ClN2O3S. The van der Waals surface area contributed by atoms with Gasteiger partial charge in [-0.2, -0.15) is 0 Å². The Bertz CT molecular complexity index is 573. The lowest BCUT2D eigenvalue weighted by Gasteiger charge is -2.22. The Morgan fingerprint density at radius 1 is 1.40 bits per heavy atom. The number of sulfonamides is 1. The average Bonchev–Trinajstić information content (AvgIpc) is 2.32.